The van der Waals surface area contributed by atoms with E-state index >= 15 is 0 Å². The predicted molar refractivity (Wildman–Crippen MR) is 282 cm³/mol. The first-order chi connectivity index (χ1) is 31.3. The van der Waals surface area contributed by atoms with Crippen molar-refractivity contribution in [1.82, 2.24) is 0 Å². The minimum Gasteiger partial charge on any atom is -0.0812 e. The zero-order chi connectivity index (χ0) is 43.9. The monoisotopic (exact) mass is 854 g/mol. The van der Waals surface area contributed by atoms with Crippen LogP contribution in [0, 0.1) is 27.7 Å². The van der Waals surface area contributed by atoms with Gasteiger partial charge in [0, 0.05) is 0 Å². The smallest absolute Gasteiger partial charge is 0.0812 e. The standard InChI is InChI=1S/C62H54Si2/c1-47-15-27-53(28-16-47)56-33-41-62(42-34-56)64(58-13-9-6-10-14-58,61-39-21-50(4)22-40-61)46-44-52-25-31-55(32-26-52)54-29-23-51(24-30-54)43-45-63(57-11-7-5-8-12-57,59-35-17-48(2)18-36-59)60-37-19-49(3)20-38-60/h5-46H,1-4H3/b45-43+,46-44+. The first kappa shape index (κ1) is 42.2. The normalized spacial score (nSPS) is 12.7. The molecule has 0 saturated heterocycles. The summed E-state index contributed by atoms with van der Waals surface area (Å²) in [6.45, 7) is 8.65. The van der Waals surface area contributed by atoms with Gasteiger partial charge in [0.05, 0.1) is 0 Å². The van der Waals surface area contributed by atoms with Crippen LogP contribution >= 0.6 is 0 Å². The Bertz CT molecular complexity index is 2940. The van der Waals surface area contributed by atoms with Crippen molar-refractivity contribution < 1.29 is 0 Å². The van der Waals surface area contributed by atoms with Crippen LogP contribution in [0.2, 0.25) is 0 Å². The van der Waals surface area contributed by atoms with Gasteiger partial charge < -0.3 is 0 Å². The minimum atomic E-state index is -2.62. The van der Waals surface area contributed by atoms with E-state index in [4.69, 9.17) is 0 Å². The van der Waals surface area contributed by atoms with Crippen molar-refractivity contribution in [3.8, 4) is 22.3 Å². The quantitative estimate of drug-likeness (QED) is 0.0848. The highest BCUT2D eigenvalue weighted by atomic mass is 28.3. The van der Waals surface area contributed by atoms with Crippen LogP contribution < -0.4 is 31.1 Å². The Balaban J connectivity index is 1.03. The van der Waals surface area contributed by atoms with Gasteiger partial charge >= 0.3 is 0 Å². The highest BCUT2D eigenvalue weighted by Gasteiger charge is 2.38. The summed E-state index contributed by atoms with van der Waals surface area (Å²) in [4.78, 5) is 0. The van der Waals surface area contributed by atoms with Gasteiger partial charge in [-0.2, -0.15) is 0 Å². The first-order valence-corrected chi connectivity index (χ1v) is 26.5. The number of benzene rings is 9. The lowest BCUT2D eigenvalue weighted by molar-refractivity contribution is 1.47. The van der Waals surface area contributed by atoms with Crippen molar-refractivity contribution >= 4 is 59.4 Å². The van der Waals surface area contributed by atoms with Gasteiger partial charge in [-0.1, -0.05) is 276 Å². The van der Waals surface area contributed by atoms with E-state index in [1.807, 2.05) is 0 Å². The van der Waals surface area contributed by atoms with Gasteiger partial charge in [-0.3, -0.25) is 0 Å². The van der Waals surface area contributed by atoms with Crippen LogP contribution in [0.25, 0.3) is 34.4 Å². The molecule has 0 aliphatic rings. The van der Waals surface area contributed by atoms with E-state index in [-0.39, 0.29) is 0 Å². The van der Waals surface area contributed by atoms with Gasteiger partial charge in [-0.25, -0.2) is 0 Å². The van der Waals surface area contributed by atoms with Gasteiger partial charge in [-0.05, 0) is 92.2 Å². The highest BCUT2D eigenvalue weighted by Crippen LogP contribution is 2.24. The summed E-state index contributed by atoms with van der Waals surface area (Å²) >= 11 is 0. The fraction of sp³-hybridized carbons (Fsp3) is 0.0645. The van der Waals surface area contributed by atoms with E-state index in [2.05, 4.69) is 282 Å². The third-order valence-corrected chi connectivity index (χ3v) is 21.7. The summed E-state index contributed by atoms with van der Waals surface area (Å²) in [5.41, 5.74) is 17.4. The summed E-state index contributed by atoms with van der Waals surface area (Å²) in [6.07, 6.45) is 4.71. The molecule has 0 heterocycles. The average Bonchev–Trinajstić information content (AvgIpc) is 3.35. The van der Waals surface area contributed by atoms with Gasteiger partial charge in [0.25, 0.3) is 0 Å². The molecule has 310 valence electrons. The van der Waals surface area contributed by atoms with Gasteiger partial charge in [-0.15, -0.1) is 0 Å². The molecule has 0 fully saturated rings. The largest absolute Gasteiger partial charge is 0.172 e. The van der Waals surface area contributed by atoms with Crippen molar-refractivity contribution in [2.24, 2.45) is 0 Å². The average molecular weight is 855 g/mol. The van der Waals surface area contributed by atoms with Crippen LogP contribution in [0.5, 0.6) is 0 Å². The van der Waals surface area contributed by atoms with Gasteiger partial charge in [0.2, 0.25) is 0 Å². The molecular formula is C62H54Si2. The van der Waals surface area contributed by atoms with E-state index in [1.165, 1.54) is 86.8 Å². The predicted octanol–water partition coefficient (Wildman–Crippen LogP) is 11.7. The molecular weight excluding hydrogens is 801 g/mol. The molecule has 0 bridgehead atoms. The zero-order valence-corrected chi connectivity index (χ0v) is 39.2. The molecule has 0 aromatic heterocycles. The maximum absolute atomic E-state index is 2.62. The Morgan fingerprint density at radius 1 is 0.234 bits per heavy atom. The van der Waals surface area contributed by atoms with Crippen LogP contribution in [-0.4, -0.2) is 16.1 Å². The van der Waals surface area contributed by atoms with Crippen molar-refractivity contribution in [2.75, 3.05) is 0 Å². The molecule has 0 radical (unpaired) electrons. The van der Waals surface area contributed by atoms with E-state index in [0.29, 0.717) is 0 Å². The highest BCUT2D eigenvalue weighted by molar-refractivity contribution is 7.15. The van der Waals surface area contributed by atoms with E-state index in [1.54, 1.807) is 0 Å². The molecule has 2 heteroatoms. The fourth-order valence-electron chi connectivity index (χ4n) is 9.12. The second-order valence-electron chi connectivity index (χ2n) is 17.3. The second kappa shape index (κ2) is 18.7. The Labute approximate surface area is 382 Å². The third kappa shape index (κ3) is 8.76. The number of aryl methyl sites for hydroxylation is 4. The van der Waals surface area contributed by atoms with Crippen LogP contribution in [-0.2, 0) is 0 Å². The van der Waals surface area contributed by atoms with E-state index in [0.717, 1.165) is 0 Å². The molecule has 9 aromatic carbocycles. The summed E-state index contributed by atoms with van der Waals surface area (Å²) in [5.74, 6) is 0. The second-order valence-corrected chi connectivity index (χ2v) is 24.7. The first-order valence-electron chi connectivity index (χ1n) is 22.4. The summed E-state index contributed by atoms with van der Waals surface area (Å²) < 4.78 is 0. The van der Waals surface area contributed by atoms with Crippen LogP contribution in [0.15, 0.2) is 242 Å². The maximum Gasteiger partial charge on any atom is 0.172 e. The molecule has 0 N–H and O–H groups in total. The topological polar surface area (TPSA) is 0 Å². The number of rotatable bonds is 12. The molecule has 0 aliphatic carbocycles. The van der Waals surface area contributed by atoms with Gasteiger partial charge in [0.1, 0.15) is 0 Å². The Hall–Kier alpha value is -7.11. The number of hydrogen-bond donors (Lipinski definition) is 0. The molecule has 1 unspecified atom stereocenters. The van der Waals surface area contributed by atoms with Crippen molar-refractivity contribution in [3.63, 3.8) is 0 Å². The zero-order valence-electron chi connectivity index (χ0n) is 37.2. The lowest BCUT2D eigenvalue weighted by atomic mass is 10.0. The maximum atomic E-state index is 2.54. The molecule has 0 aliphatic heterocycles. The van der Waals surface area contributed by atoms with Crippen LogP contribution in [0.4, 0.5) is 0 Å². The van der Waals surface area contributed by atoms with Crippen molar-refractivity contribution in [3.05, 3.63) is 275 Å². The molecule has 0 nitrogen and oxygen atoms in total. The SMILES string of the molecule is Cc1ccc(-c2ccc([Si](/C=C/c3ccc(-c4ccc(/C=C/[Si](c5ccccc5)(c5ccc(C)cc5)c5ccc(C)cc5)cc4)cc3)(c3ccccc3)c3ccc(C)cc3)cc2)cc1. The third-order valence-electron chi connectivity index (χ3n) is 12.9. The van der Waals surface area contributed by atoms with Crippen molar-refractivity contribution in [2.45, 2.75) is 27.7 Å². The lowest BCUT2D eigenvalue weighted by Gasteiger charge is -2.31. The molecule has 1 atom stereocenters. The lowest BCUT2D eigenvalue weighted by Crippen LogP contribution is -2.66. The number of hydrogen-bond acceptors (Lipinski definition) is 0. The van der Waals surface area contributed by atoms with Crippen molar-refractivity contribution in [1.29, 1.82) is 0 Å². The molecule has 64 heavy (non-hydrogen) atoms. The molecule has 9 aromatic rings. The molecule has 0 spiro atoms. The van der Waals surface area contributed by atoms with Crippen LogP contribution in [0.3, 0.4) is 0 Å². The fourth-order valence-corrected chi connectivity index (χ4v) is 17.4. The minimum absolute atomic E-state index is 1.19. The molecule has 0 saturated carbocycles. The summed E-state index contributed by atoms with van der Waals surface area (Å²) in [7, 11) is -5.15. The Morgan fingerprint density at radius 3 is 0.750 bits per heavy atom. The summed E-state index contributed by atoms with van der Waals surface area (Å²) in [6, 6.07) is 86.2. The Kier molecular flexibility index (Phi) is 12.3. The van der Waals surface area contributed by atoms with E-state index in [9.17, 15) is 0 Å². The Morgan fingerprint density at radius 2 is 0.453 bits per heavy atom. The van der Waals surface area contributed by atoms with Crippen LogP contribution in [0.1, 0.15) is 33.4 Å². The van der Waals surface area contributed by atoms with Gasteiger partial charge in [0.15, 0.2) is 16.1 Å². The molecule has 0 amide bonds. The molecule has 9 rings (SSSR count). The van der Waals surface area contributed by atoms with E-state index < -0.39 is 16.1 Å². The summed E-state index contributed by atoms with van der Waals surface area (Å²) in [5, 5.41) is 8.24.